The number of nitrogens with one attached hydrogen (secondary N) is 1. The lowest BCUT2D eigenvalue weighted by atomic mass is 10.1. The fraction of sp³-hybridized carbons (Fsp3) is 0.625. The Labute approximate surface area is 126 Å². The van der Waals surface area contributed by atoms with Crippen molar-refractivity contribution in [2.45, 2.75) is 51.7 Å². The SMILES string of the molecule is CCCC1CN(Cc2cccc(Cl)c2F)C(C)CCN1. The number of rotatable bonds is 4. The number of hydrogen-bond acceptors (Lipinski definition) is 2. The van der Waals surface area contributed by atoms with Crippen LogP contribution in [0.3, 0.4) is 0 Å². The molecule has 1 aliphatic heterocycles. The van der Waals surface area contributed by atoms with Crippen LogP contribution in [0.15, 0.2) is 18.2 Å². The van der Waals surface area contributed by atoms with Crippen LogP contribution in [-0.2, 0) is 6.54 Å². The van der Waals surface area contributed by atoms with Gasteiger partial charge in [-0.3, -0.25) is 4.90 Å². The zero-order chi connectivity index (χ0) is 14.5. The van der Waals surface area contributed by atoms with Gasteiger partial charge in [0.25, 0.3) is 0 Å². The van der Waals surface area contributed by atoms with Crippen molar-refractivity contribution in [3.05, 3.63) is 34.6 Å². The van der Waals surface area contributed by atoms with Crippen molar-refractivity contribution >= 4 is 11.6 Å². The molecule has 112 valence electrons. The molecule has 1 saturated heterocycles. The maximum atomic E-state index is 14.1. The third kappa shape index (κ3) is 3.94. The molecule has 0 bridgehead atoms. The van der Waals surface area contributed by atoms with Gasteiger partial charge in [0, 0.05) is 30.7 Å². The molecule has 0 aromatic heterocycles. The van der Waals surface area contributed by atoms with Crippen LogP contribution in [0.2, 0.25) is 5.02 Å². The van der Waals surface area contributed by atoms with E-state index in [0.29, 0.717) is 24.2 Å². The smallest absolute Gasteiger partial charge is 0.146 e. The highest BCUT2D eigenvalue weighted by Crippen LogP contribution is 2.21. The summed E-state index contributed by atoms with van der Waals surface area (Å²) in [6.07, 6.45) is 3.44. The van der Waals surface area contributed by atoms with Gasteiger partial charge in [0.05, 0.1) is 5.02 Å². The molecule has 20 heavy (non-hydrogen) atoms. The Kier molecular flexibility index (Phi) is 5.82. The summed E-state index contributed by atoms with van der Waals surface area (Å²) in [5.41, 5.74) is 0.696. The monoisotopic (exact) mass is 298 g/mol. The molecule has 2 rings (SSSR count). The summed E-state index contributed by atoms with van der Waals surface area (Å²) in [4.78, 5) is 2.37. The first-order valence-electron chi connectivity index (χ1n) is 7.52. The summed E-state index contributed by atoms with van der Waals surface area (Å²) in [6.45, 7) is 7.08. The maximum Gasteiger partial charge on any atom is 0.146 e. The third-order valence-corrected chi connectivity index (χ3v) is 4.41. The second-order valence-electron chi connectivity index (χ2n) is 5.72. The highest BCUT2D eigenvalue weighted by atomic mass is 35.5. The standard InChI is InChI=1S/C16H24ClFN2/c1-3-5-14-11-20(12(2)8-9-19-14)10-13-6-4-7-15(17)16(13)18/h4,6-7,12,14,19H,3,5,8-11H2,1-2H3. The van der Waals surface area contributed by atoms with Gasteiger partial charge in [0.15, 0.2) is 0 Å². The van der Waals surface area contributed by atoms with E-state index in [1.165, 1.54) is 12.8 Å². The molecule has 0 saturated carbocycles. The molecule has 1 aliphatic rings. The van der Waals surface area contributed by atoms with Gasteiger partial charge < -0.3 is 5.32 Å². The number of benzene rings is 1. The van der Waals surface area contributed by atoms with Gasteiger partial charge in [-0.1, -0.05) is 37.1 Å². The van der Waals surface area contributed by atoms with E-state index in [2.05, 4.69) is 24.1 Å². The molecule has 1 fully saturated rings. The van der Waals surface area contributed by atoms with Crippen LogP contribution >= 0.6 is 11.6 Å². The van der Waals surface area contributed by atoms with Crippen molar-refractivity contribution in [1.82, 2.24) is 10.2 Å². The number of halogens is 2. The molecule has 2 nitrogen and oxygen atoms in total. The summed E-state index contributed by atoms with van der Waals surface area (Å²) in [7, 11) is 0. The minimum Gasteiger partial charge on any atom is -0.313 e. The Balaban J connectivity index is 2.10. The molecule has 0 radical (unpaired) electrons. The molecule has 4 heteroatoms. The highest BCUT2D eigenvalue weighted by molar-refractivity contribution is 6.30. The van der Waals surface area contributed by atoms with E-state index in [-0.39, 0.29) is 10.8 Å². The Morgan fingerprint density at radius 2 is 2.25 bits per heavy atom. The first-order valence-corrected chi connectivity index (χ1v) is 7.90. The summed E-state index contributed by atoms with van der Waals surface area (Å²) in [5, 5.41) is 3.81. The highest BCUT2D eigenvalue weighted by Gasteiger charge is 2.23. The zero-order valence-corrected chi connectivity index (χ0v) is 13.1. The molecule has 1 N–H and O–H groups in total. The first-order chi connectivity index (χ1) is 9.61. The molecule has 1 aromatic carbocycles. The molecular weight excluding hydrogens is 275 g/mol. The Morgan fingerprint density at radius 1 is 1.45 bits per heavy atom. The van der Waals surface area contributed by atoms with Gasteiger partial charge in [0.1, 0.15) is 5.82 Å². The van der Waals surface area contributed by atoms with E-state index in [1.807, 2.05) is 12.1 Å². The summed E-state index contributed by atoms with van der Waals surface area (Å²) in [6, 6.07) is 6.23. The van der Waals surface area contributed by atoms with Crippen LogP contribution in [0.1, 0.15) is 38.7 Å². The number of hydrogen-bond donors (Lipinski definition) is 1. The average Bonchev–Trinajstić information content (AvgIpc) is 2.58. The Morgan fingerprint density at radius 3 is 3.00 bits per heavy atom. The van der Waals surface area contributed by atoms with Crippen molar-refractivity contribution in [1.29, 1.82) is 0 Å². The van der Waals surface area contributed by atoms with Gasteiger partial charge in [-0.25, -0.2) is 4.39 Å². The predicted octanol–water partition coefficient (Wildman–Crippen LogP) is 3.83. The Hall–Kier alpha value is -0.640. The topological polar surface area (TPSA) is 15.3 Å². The van der Waals surface area contributed by atoms with Crippen molar-refractivity contribution in [3.8, 4) is 0 Å². The van der Waals surface area contributed by atoms with Crippen LogP contribution in [-0.4, -0.2) is 30.1 Å². The van der Waals surface area contributed by atoms with Crippen molar-refractivity contribution in [2.24, 2.45) is 0 Å². The van der Waals surface area contributed by atoms with Gasteiger partial charge in [0.2, 0.25) is 0 Å². The fourth-order valence-electron chi connectivity index (χ4n) is 2.86. The molecule has 1 heterocycles. The predicted molar refractivity (Wildman–Crippen MR) is 82.6 cm³/mol. The lowest BCUT2D eigenvalue weighted by Gasteiger charge is -2.29. The third-order valence-electron chi connectivity index (χ3n) is 4.12. The van der Waals surface area contributed by atoms with Gasteiger partial charge in [-0.15, -0.1) is 0 Å². The maximum absolute atomic E-state index is 14.1. The van der Waals surface area contributed by atoms with Gasteiger partial charge in [-0.05, 0) is 32.4 Å². The largest absolute Gasteiger partial charge is 0.313 e. The fourth-order valence-corrected chi connectivity index (χ4v) is 3.05. The second-order valence-corrected chi connectivity index (χ2v) is 6.13. The van der Waals surface area contributed by atoms with E-state index in [9.17, 15) is 4.39 Å². The lowest BCUT2D eigenvalue weighted by molar-refractivity contribution is 0.191. The van der Waals surface area contributed by atoms with Crippen molar-refractivity contribution in [3.63, 3.8) is 0 Å². The molecule has 1 aromatic rings. The van der Waals surface area contributed by atoms with Gasteiger partial charge >= 0.3 is 0 Å². The van der Waals surface area contributed by atoms with E-state index < -0.39 is 0 Å². The summed E-state index contributed by atoms with van der Waals surface area (Å²) < 4.78 is 14.1. The van der Waals surface area contributed by atoms with E-state index >= 15 is 0 Å². The van der Waals surface area contributed by atoms with Gasteiger partial charge in [-0.2, -0.15) is 0 Å². The van der Waals surface area contributed by atoms with E-state index in [1.54, 1.807) is 6.07 Å². The van der Waals surface area contributed by atoms with Crippen LogP contribution in [0.5, 0.6) is 0 Å². The molecular formula is C16H24ClFN2. The first kappa shape index (κ1) is 15.7. The quantitative estimate of drug-likeness (QED) is 0.909. The van der Waals surface area contributed by atoms with Crippen LogP contribution in [0.4, 0.5) is 4.39 Å². The van der Waals surface area contributed by atoms with E-state index in [4.69, 9.17) is 11.6 Å². The molecule has 0 amide bonds. The molecule has 2 unspecified atom stereocenters. The lowest BCUT2D eigenvalue weighted by Crippen LogP contribution is -2.39. The van der Waals surface area contributed by atoms with Crippen LogP contribution in [0, 0.1) is 5.82 Å². The summed E-state index contributed by atoms with van der Waals surface area (Å²) in [5.74, 6) is -0.273. The molecule has 0 aliphatic carbocycles. The minimum atomic E-state index is -0.273. The molecule has 2 atom stereocenters. The normalized spacial score (nSPS) is 24.6. The molecule has 0 spiro atoms. The van der Waals surface area contributed by atoms with Crippen molar-refractivity contribution in [2.75, 3.05) is 13.1 Å². The minimum absolute atomic E-state index is 0.216. The summed E-state index contributed by atoms with van der Waals surface area (Å²) >= 11 is 5.87. The number of nitrogens with zero attached hydrogens (tertiary/aromatic N) is 1. The Bertz CT molecular complexity index is 438. The van der Waals surface area contributed by atoms with Crippen LogP contribution < -0.4 is 5.32 Å². The van der Waals surface area contributed by atoms with Crippen molar-refractivity contribution < 1.29 is 4.39 Å². The van der Waals surface area contributed by atoms with Crippen LogP contribution in [0.25, 0.3) is 0 Å². The second kappa shape index (κ2) is 7.39. The zero-order valence-electron chi connectivity index (χ0n) is 12.3. The average molecular weight is 299 g/mol. The van der Waals surface area contributed by atoms with E-state index in [0.717, 1.165) is 19.5 Å².